The summed E-state index contributed by atoms with van der Waals surface area (Å²) < 4.78 is 49.6. The van der Waals surface area contributed by atoms with Gasteiger partial charge in [-0.15, -0.1) is 0 Å². The molecule has 2 aromatic rings. The number of hydrogen-bond acceptors (Lipinski definition) is 5. The molecule has 0 amide bonds. The summed E-state index contributed by atoms with van der Waals surface area (Å²) in [5.74, 6) is 0.106. The van der Waals surface area contributed by atoms with Gasteiger partial charge in [-0.1, -0.05) is 6.07 Å². The molecule has 0 aliphatic carbocycles. The molecule has 2 aliphatic heterocycles. The first-order chi connectivity index (χ1) is 12.4. The summed E-state index contributed by atoms with van der Waals surface area (Å²) in [7, 11) is 0. The third kappa shape index (κ3) is 3.26. The Kier molecular flexibility index (Phi) is 4.10. The number of fused-ring (bicyclic) bond motifs is 2. The van der Waals surface area contributed by atoms with Gasteiger partial charge in [0.25, 0.3) is 5.56 Å². The van der Waals surface area contributed by atoms with Gasteiger partial charge in [-0.2, -0.15) is 13.2 Å². The van der Waals surface area contributed by atoms with Crippen LogP contribution in [0.1, 0.15) is 22.6 Å². The second kappa shape index (κ2) is 6.31. The van der Waals surface area contributed by atoms with E-state index in [9.17, 15) is 18.0 Å². The number of H-pyrrole nitrogens is 1. The minimum atomic E-state index is -4.67. The third-order valence-corrected chi connectivity index (χ3v) is 4.43. The molecule has 0 saturated carbocycles. The van der Waals surface area contributed by atoms with E-state index in [1.54, 1.807) is 0 Å². The highest BCUT2D eigenvalue weighted by Gasteiger charge is 2.36. The van der Waals surface area contributed by atoms with E-state index >= 15 is 0 Å². The number of benzene rings is 1. The van der Waals surface area contributed by atoms with E-state index in [1.165, 1.54) is 0 Å². The monoisotopic (exact) mass is 367 g/mol. The Morgan fingerprint density at radius 1 is 1.19 bits per heavy atom. The second-order valence-electron chi connectivity index (χ2n) is 6.28. The third-order valence-electron chi connectivity index (χ3n) is 4.43. The summed E-state index contributed by atoms with van der Waals surface area (Å²) in [6, 6.07) is 5.60. The number of halogens is 3. The number of ether oxygens (including phenoxy) is 2. The molecule has 1 aromatic carbocycles. The van der Waals surface area contributed by atoms with Crippen molar-refractivity contribution in [2.75, 3.05) is 19.8 Å². The summed E-state index contributed by atoms with van der Waals surface area (Å²) in [5.41, 5.74) is 0.765. The molecule has 0 spiro atoms. The van der Waals surface area contributed by atoms with Crippen molar-refractivity contribution in [3.8, 4) is 11.5 Å². The van der Waals surface area contributed by atoms with Gasteiger partial charge in [-0.25, -0.2) is 4.98 Å². The van der Waals surface area contributed by atoms with Gasteiger partial charge in [0.2, 0.25) is 5.82 Å². The van der Waals surface area contributed by atoms with E-state index in [0.29, 0.717) is 49.8 Å². The van der Waals surface area contributed by atoms with Crippen LogP contribution < -0.4 is 15.0 Å². The highest BCUT2D eigenvalue weighted by atomic mass is 19.4. The Morgan fingerprint density at radius 2 is 1.96 bits per heavy atom. The van der Waals surface area contributed by atoms with Gasteiger partial charge < -0.3 is 14.5 Å². The fourth-order valence-corrected chi connectivity index (χ4v) is 3.21. The van der Waals surface area contributed by atoms with E-state index in [2.05, 4.69) is 4.98 Å². The zero-order valence-electron chi connectivity index (χ0n) is 13.7. The lowest BCUT2D eigenvalue weighted by Gasteiger charge is -2.28. The fourth-order valence-electron chi connectivity index (χ4n) is 3.21. The van der Waals surface area contributed by atoms with Gasteiger partial charge in [0, 0.05) is 25.2 Å². The molecule has 26 heavy (non-hydrogen) atoms. The van der Waals surface area contributed by atoms with Gasteiger partial charge in [-0.3, -0.25) is 9.69 Å². The Labute approximate surface area is 146 Å². The Hall–Kier alpha value is -2.55. The molecule has 0 atom stereocenters. The van der Waals surface area contributed by atoms with E-state index in [0.717, 1.165) is 5.56 Å². The van der Waals surface area contributed by atoms with Crippen LogP contribution in [0.2, 0.25) is 0 Å². The molecule has 0 bridgehead atoms. The number of aromatic amines is 1. The van der Waals surface area contributed by atoms with E-state index in [4.69, 9.17) is 9.47 Å². The molecule has 1 aromatic heterocycles. The van der Waals surface area contributed by atoms with Gasteiger partial charge in [-0.05, 0) is 24.1 Å². The number of hydrogen-bond donors (Lipinski definition) is 1. The van der Waals surface area contributed by atoms with Crippen molar-refractivity contribution < 1.29 is 22.6 Å². The minimum Gasteiger partial charge on any atom is -0.486 e. The quantitative estimate of drug-likeness (QED) is 0.881. The average molecular weight is 367 g/mol. The van der Waals surface area contributed by atoms with Crippen LogP contribution in [-0.2, 0) is 25.7 Å². The van der Waals surface area contributed by atoms with Crippen molar-refractivity contribution in [3.05, 3.63) is 51.2 Å². The Balaban J connectivity index is 1.55. The van der Waals surface area contributed by atoms with E-state index < -0.39 is 17.6 Å². The van der Waals surface area contributed by atoms with Crippen LogP contribution in [0.15, 0.2) is 23.0 Å². The standard InChI is InChI=1S/C17H16F3N3O3/c18-17(19,20)16-21-12-9-23(4-3-11(12)15(24)22-16)8-10-1-2-13-14(7-10)26-6-5-25-13/h1-2,7H,3-6,8-9H2,(H,21,22,24). The Bertz CT molecular complexity index is 895. The molecule has 2 aliphatic rings. The number of rotatable bonds is 2. The molecular formula is C17H16F3N3O3. The maximum absolute atomic E-state index is 12.9. The molecule has 0 saturated heterocycles. The summed E-state index contributed by atoms with van der Waals surface area (Å²) in [6.07, 6.45) is -4.31. The van der Waals surface area contributed by atoms with Crippen LogP contribution >= 0.6 is 0 Å². The van der Waals surface area contributed by atoms with Crippen molar-refractivity contribution in [1.29, 1.82) is 0 Å². The lowest BCUT2D eigenvalue weighted by Crippen LogP contribution is -2.36. The SMILES string of the molecule is O=c1[nH]c(C(F)(F)F)nc2c1CCN(Cc1ccc3c(c1)OCCO3)C2. The highest BCUT2D eigenvalue weighted by Crippen LogP contribution is 2.32. The van der Waals surface area contributed by atoms with Crippen LogP contribution in [0.4, 0.5) is 13.2 Å². The molecule has 0 fully saturated rings. The zero-order chi connectivity index (χ0) is 18.3. The van der Waals surface area contributed by atoms with Crippen LogP contribution in [0.3, 0.4) is 0 Å². The first-order valence-corrected chi connectivity index (χ1v) is 8.20. The van der Waals surface area contributed by atoms with Gasteiger partial charge in [0.15, 0.2) is 11.5 Å². The van der Waals surface area contributed by atoms with Gasteiger partial charge >= 0.3 is 6.18 Å². The van der Waals surface area contributed by atoms with Crippen LogP contribution in [-0.4, -0.2) is 34.6 Å². The predicted molar refractivity (Wildman–Crippen MR) is 85.1 cm³/mol. The lowest BCUT2D eigenvalue weighted by molar-refractivity contribution is -0.145. The first-order valence-electron chi connectivity index (χ1n) is 8.20. The number of alkyl halides is 3. The van der Waals surface area contributed by atoms with Crippen LogP contribution in [0.5, 0.6) is 11.5 Å². The largest absolute Gasteiger partial charge is 0.486 e. The summed E-state index contributed by atoms with van der Waals surface area (Å²) in [5, 5.41) is 0. The van der Waals surface area contributed by atoms with E-state index in [-0.39, 0.29) is 12.2 Å². The molecule has 3 heterocycles. The summed E-state index contributed by atoms with van der Waals surface area (Å²) >= 11 is 0. The second-order valence-corrected chi connectivity index (χ2v) is 6.28. The van der Waals surface area contributed by atoms with Crippen LogP contribution in [0.25, 0.3) is 0 Å². The molecule has 6 nitrogen and oxygen atoms in total. The number of aromatic nitrogens is 2. The molecule has 0 radical (unpaired) electrons. The summed E-state index contributed by atoms with van der Waals surface area (Å²) in [4.78, 5) is 19.3. The topological polar surface area (TPSA) is 67.5 Å². The minimum absolute atomic E-state index is 0.185. The zero-order valence-corrected chi connectivity index (χ0v) is 13.7. The predicted octanol–water partition coefficient (Wildman–Crippen LogP) is 2.12. The summed E-state index contributed by atoms with van der Waals surface area (Å²) in [6.45, 7) is 2.28. The molecule has 4 rings (SSSR count). The highest BCUT2D eigenvalue weighted by molar-refractivity contribution is 5.43. The van der Waals surface area contributed by atoms with Gasteiger partial charge in [0.1, 0.15) is 13.2 Å². The molecule has 0 unspecified atom stereocenters. The van der Waals surface area contributed by atoms with Crippen LogP contribution in [0, 0.1) is 0 Å². The molecular weight excluding hydrogens is 351 g/mol. The lowest BCUT2D eigenvalue weighted by atomic mass is 10.1. The first kappa shape index (κ1) is 16.9. The molecule has 9 heteroatoms. The molecule has 138 valence electrons. The van der Waals surface area contributed by atoms with Crippen molar-refractivity contribution in [1.82, 2.24) is 14.9 Å². The van der Waals surface area contributed by atoms with E-state index in [1.807, 2.05) is 28.1 Å². The van der Waals surface area contributed by atoms with Crippen molar-refractivity contribution in [3.63, 3.8) is 0 Å². The van der Waals surface area contributed by atoms with Crippen molar-refractivity contribution in [2.45, 2.75) is 25.7 Å². The van der Waals surface area contributed by atoms with Crippen molar-refractivity contribution >= 4 is 0 Å². The normalized spacial score (nSPS) is 17.0. The number of nitrogens with one attached hydrogen (secondary N) is 1. The molecule has 1 N–H and O–H groups in total. The maximum atomic E-state index is 12.9. The number of nitrogens with zero attached hydrogens (tertiary/aromatic N) is 2. The fraction of sp³-hybridized carbons (Fsp3) is 0.412. The van der Waals surface area contributed by atoms with Crippen molar-refractivity contribution in [2.24, 2.45) is 0 Å². The Morgan fingerprint density at radius 3 is 2.73 bits per heavy atom. The smallest absolute Gasteiger partial charge is 0.449 e. The van der Waals surface area contributed by atoms with Gasteiger partial charge in [0.05, 0.1) is 5.69 Å². The maximum Gasteiger partial charge on any atom is 0.449 e. The average Bonchev–Trinajstić information content (AvgIpc) is 2.60.